The largest absolute Gasteiger partial charge is 0.415 e. The van der Waals surface area contributed by atoms with Crippen molar-refractivity contribution in [2.45, 2.75) is 39.2 Å². The minimum atomic E-state index is -0.359. The predicted molar refractivity (Wildman–Crippen MR) is 77.2 cm³/mol. The van der Waals surface area contributed by atoms with E-state index in [1.165, 1.54) is 0 Å². The van der Waals surface area contributed by atoms with E-state index in [0.717, 1.165) is 12.8 Å². The summed E-state index contributed by atoms with van der Waals surface area (Å²) in [6, 6.07) is 9.11. The van der Waals surface area contributed by atoms with Gasteiger partial charge in [-0.1, -0.05) is 32.0 Å². The van der Waals surface area contributed by atoms with Gasteiger partial charge in [0, 0.05) is 13.1 Å². The van der Waals surface area contributed by atoms with Crippen LogP contribution in [0.2, 0.25) is 0 Å². The second-order valence-corrected chi connectivity index (χ2v) is 4.89. The Morgan fingerprint density at radius 2 is 1.95 bits per heavy atom. The minimum absolute atomic E-state index is 0.331. The number of carbonyl (C=O) groups is 1. The molecule has 1 unspecified atom stereocenters. The monoisotopic (exact) mass is 264 g/mol. The van der Waals surface area contributed by atoms with Gasteiger partial charge in [-0.25, -0.2) is 4.79 Å². The van der Waals surface area contributed by atoms with Gasteiger partial charge >= 0.3 is 6.09 Å². The first-order valence-corrected chi connectivity index (χ1v) is 6.82. The lowest BCUT2D eigenvalue weighted by molar-refractivity contribution is 0.0905. The van der Waals surface area contributed by atoms with E-state index in [2.05, 4.69) is 0 Å². The highest BCUT2D eigenvalue weighted by atomic mass is 16.6. The minimum Gasteiger partial charge on any atom is -0.410 e. The van der Waals surface area contributed by atoms with Crippen LogP contribution < -0.4 is 10.5 Å². The molecule has 1 rings (SSSR count). The van der Waals surface area contributed by atoms with Crippen LogP contribution in [0.4, 0.5) is 4.79 Å². The van der Waals surface area contributed by atoms with Crippen LogP contribution in [0.1, 0.15) is 33.6 Å². The number of nitrogens with zero attached hydrogens (tertiary/aromatic N) is 1. The van der Waals surface area contributed by atoms with Crippen LogP contribution in [0.3, 0.4) is 0 Å². The average molecular weight is 264 g/mol. The van der Waals surface area contributed by atoms with Crippen molar-refractivity contribution in [3.63, 3.8) is 0 Å². The fourth-order valence-corrected chi connectivity index (χ4v) is 1.90. The maximum absolute atomic E-state index is 12.3. The van der Waals surface area contributed by atoms with Crippen LogP contribution >= 0.6 is 0 Å². The lowest BCUT2D eigenvalue weighted by Crippen LogP contribution is -2.55. The Kier molecular flexibility index (Phi) is 5.83. The molecule has 0 aliphatic heterocycles. The SMILES string of the molecule is CCCN(C(=O)Oc1ccccc1)C(C)(CC)CN. The maximum Gasteiger partial charge on any atom is 0.415 e. The molecule has 106 valence electrons. The van der Waals surface area contributed by atoms with Crippen molar-refractivity contribution < 1.29 is 9.53 Å². The molecule has 2 N–H and O–H groups in total. The smallest absolute Gasteiger partial charge is 0.410 e. The fourth-order valence-electron chi connectivity index (χ4n) is 1.90. The number of hydrogen-bond donors (Lipinski definition) is 1. The zero-order valence-electron chi connectivity index (χ0n) is 12.1. The second kappa shape index (κ2) is 7.14. The van der Waals surface area contributed by atoms with E-state index in [1.807, 2.05) is 39.0 Å². The van der Waals surface area contributed by atoms with E-state index in [9.17, 15) is 4.79 Å². The first kappa shape index (κ1) is 15.5. The average Bonchev–Trinajstić information content (AvgIpc) is 2.45. The van der Waals surface area contributed by atoms with Crippen LogP contribution in [0.15, 0.2) is 30.3 Å². The maximum atomic E-state index is 12.3. The Balaban J connectivity index is 2.84. The Hall–Kier alpha value is -1.55. The Bertz CT molecular complexity index is 388. The molecule has 0 saturated carbocycles. The van der Waals surface area contributed by atoms with Crippen molar-refractivity contribution in [3.05, 3.63) is 30.3 Å². The normalized spacial score (nSPS) is 13.7. The second-order valence-electron chi connectivity index (χ2n) is 4.89. The van der Waals surface area contributed by atoms with E-state index < -0.39 is 0 Å². The van der Waals surface area contributed by atoms with Gasteiger partial charge in [-0.3, -0.25) is 0 Å². The van der Waals surface area contributed by atoms with Gasteiger partial charge in [0.2, 0.25) is 0 Å². The summed E-state index contributed by atoms with van der Waals surface area (Å²) in [4.78, 5) is 14.1. The van der Waals surface area contributed by atoms with Gasteiger partial charge < -0.3 is 15.4 Å². The molecule has 19 heavy (non-hydrogen) atoms. The van der Waals surface area contributed by atoms with Gasteiger partial charge in [0.05, 0.1) is 5.54 Å². The third-order valence-corrected chi connectivity index (χ3v) is 3.47. The van der Waals surface area contributed by atoms with Crippen LogP contribution in [-0.2, 0) is 0 Å². The molecule has 1 aromatic rings. The molecule has 0 aromatic heterocycles. The highest BCUT2D eigenvalue weighted by Gasteiger charge is 2.33. The highest BCUT2D eigenvalue weighted by Crippen LogP contribution is 2.21. The summed E-state index contributed by atoms with van der Waals surface area (Å²) in [5.41, 5.74) is 5.47. The molecule has 4 heteroatoms. The summed E-state index contributed by atoms with van der Waals surface area (Å²) in [5.74, 6) is 0.559. The molecule has 0 heterocycles. The molecule has 0 bridgehead atoms. The molecular weight excluding hydrogens is 240 g/mol. The van der Waals surface area contributed by atoms with Crippen molar-refractivity contribution in [1.29, 1.82) is 0 Å². The summed E-state index contributed by atoms with van der Waals surface area (Å²) in [6.45, 7) is 7.14. The first-order chi connectivity index (χ1) is 9.07. The quantitative estimate of drug-likeness (QED) is 0.859. The Morgan fingerprint density at radius 1 is 1.32 bits per heavy atom. The number of benzene rings is 1. The lowest BCUT2D eigenvalue weighted by atomic mass is 9.97. The number of ether oxygens (including phenoxy) is 1. The third kappa shape index (κ3) is 3.96. The number of rotatable bonds is 6. The van der Waals surface area contributed by atoms with Gasteiger partial charge in [-0.2, -0.15) is 0 Å². The van der Waals surface area contributed by atoms with E-state index in [-0.39, 0.29) is 11.6 Å². The van der Waals surface area contributed by atoms with Crippen molar-refractivity contribution >= 4 is 6.09 Å². The van der Waals surface area contributed by atoms with Crippen molar-refractivity contribution in [1.82, 2.24) is 4.90 Å². The summed E-state index contributed by atoms with van der Waals surface area (Å²) in [5, 5.41) is 0. The summed E-state index contributed by atoms with van der Waals surface area (Å²) in [6.07, 6.45) is 1.34. The molecule has 0 aliphatic rings. The van der Waals surface area contributed by atoms with E-state index in [4.69, 9.17) is 10.5 Å². The molecule has 1 aromatic carbocycles. The van der Waals surface area contributed by atoms with Crippen LogP contribution in [0.5, 0.6) is 5.75 Å². The molecule has 0 radical (unpaired) electrons. The summed E-state index contributed by atoms with van der Waals surface area (Å²) in [7, 11) is 0. The molecule has 0 spiro atoms. The Labute approximate surface area is 115 Å². The molecule has 0 fully saturated rings. The molecular formula is C15H24N2O2. The predicted octanol–water partition coefficient (Wildman–Crippen LogP) is 3.02. The fraction of sp³-hybridized carbons (Fsp3) is 0.533. The summed E-state index contributed by atoms with van der Waals surface area (Å²) < 4.78 is 5.41. The summed E-state index contributed by atoms with van der Waals surface area (Å²) >= 11 is 0. The number of nitrogens with two attached hydrogens (primary N) is 1. The van der Waals surface area contributed by atoms with Gasteiger partial charge in [0.1, 0.15) is 5.75 Å². The number of amides is 1. The van der Waals surface area contributed by atoms with Crippen LogP contribution in [0.25, 0.3) is 0 Å². The number of hydrogen-bond acceptors (Lipinski definition) is 3. The van der Waals surface area contributed by atoms with Gasteiger partial charge in [-0.15, -0.1) is 0 Å². The van der Waals surface area contributed by atoms with Gasteiger partial charge in [-0.05, 0) is 31.9 Å². The zero-order chi connectivity index (χ0) is 14.3. The Morgan fingerprint density at radius 3 is 2.42 bits per heavy atom. The van der Waals surface area contributed by atoms with Crippen molar-refractivity contribution in [2.75, 3.05) is 13.1 Å². The topological polar surface area (TPSA) is 55.6 Å². The highest BCUT2D eigenvalue weighted by molar-refractivity contribution is 5.71. The molecule has 0 aliphatic carbocycles. The van der Waals surface area contributed by atoms with Crippen LogP contribution in [0, 0.1) is 0 Å². The number of para-hydroxylation sites is 1. The molecule has 1 atom stereocenters. The third-order valence-electron chi connectivity index (χ3n) is 3.47. The van der Waals surface area contributed by atoms with E-state index in [1.54, 1.807) is 17.0 Å². The van der Waals surface area contributed by atoms with Crippen LogP contribution in [-0.4, -0.2) is 29.6 Å². The molecule has 4 nitrogen and oxygen atoms in total. The van der Waals surface area contributed by atoms with Gasteiger partial charge in [0.15, 0.2) is 0 Å². The lowest BCUT2D eigenvalue weighted by Gasteiger charge is -2.39. The number of carbonyl (C=O) groups excluding carboxylic acids is 1. The van der Waals surface area contributed by atoms with E-state index >= 15 is 0 Å². The van der Waals surface area contributed by atoms with Crippen molar-refractivity contribution in [2.24, 2.45) is 5.73 Å². The molecule has 1 amide bonds. The van der Waals surface area contributed by atoms with Crippen molar-refractivity contribution in [3.8, 4) is 5.75 Å². The van der Waals surface area contributed by atoms with E-state index in [0.29, 0.717) is 18.8 Å². The first-order valence-electron chi connectivity index (χ1n) is 6.82. The molecule has 0 saturated heterocycles. The van der Waals surface area contributed by atoms with Gasteiger partial charge in [0.25, 0.3) is 0 Å². The standard InChI is InChI=1S/C15H24N2O2/c1-4-11-17(15(3,5-2)12-16)14(18)19-13-9-7-6-8-10-13/h6-10H,4-5,11-12,16H2,1-3H3. The zero-order valence-corrected chi connectivity index (χ0v) is 12.1.